The summed E-state index contributed by atoms with van der Waals surface area (Å²) >= 11 is 0. The molecule has 1 aromatic heterocycles. The second-order valence-electron chi connectivity index (χ2n) is 5.27. The first-order valence-electron chi connectivity index (χ1n) is 7.35. The summed E-state index contributed by atoms with van der Waals surface area (Å²) in [5.74, 6) is -0.0952. The number of aryl methyl sites for hydroxylation is 2. The minimum atomic E-state index is -4.52. The molecule has 0 aliphatic carbocycles. The van der Waals surface area contributed by atoms with Crippen LogP contribution in [0.2, 0.25) is 0 Å². The topological polar surface area (TPSA) is 156 Å². The molecular weight excluding hydrogens is 398 g/mol. The fraction of sp³-hybridized carbons (Fsp3) is 0.214. The minimum absolute atomic E-state index is 0.0952. The third kappa shape index (κ3) is 5.19. The number of nitrogens with zero attached hydrogens (tertiary/aromatic N) is 2. The molecule has 3 N–H and O–H groups in total. The quantitative estimate of drug-likeness (QED) is 0.574. The molecule has 2 amide bonds. The van der Waals surface area contributed by atoms with Gasteiger partial charge in [0.15, 0.2) is 0 Å². The van der Waals surface area contributed by atoms with E-state index in [-0.39, 0.29) is 5.95 Å². The number of urea groups is 1. The zero-order chi connectivity index (χ0) is 20.2. The average molecular weight is 415 g/mol. The average Bonchev–Trinajstić information content (AvgIpc) is 2.53. The number of hydrogen-bond acceptors (Lipinski definition) is 8. The predicted octanol–water partition coefficient (Wildman–Crippen LogP) is 0.444. The molecule has 0 saturated carbocycles. The van der Waals surface area contributed by atoms with E-state index in [1.165, 1.54) is 12.1 Å². The van der Waals surface area contributed by atoms with Gasteiger partial charge in [0, 0.05) is 11.4 Å². The van der Waals surface area contributed by atoms with E-state index in [1.54, 1.807) is 29.5 Å². The van der Waals surface area contributed by atoms with Gasteiger partial charge in [-0.1, -0.05) is 17.0 Å². The van der Waals surface area contributed by atoms with Gasteiger partial charge in [-0.15, -0.1) is 0 Å². The standard InChI is InChI=1S/C14H17N5O6S2/c1-9-8-10(2)16-13(15-9)17-14(20)18-26(21,22)11-6-4-5-7-12(11)27(23,24)19-25-3/h4-8,19H,1-3H3,(H2,15,16,17,18,20). The number of hydrogen-bond donors (Lipinski definition) is 3. The van der Waals surface area contributed by atoms with Crippen LogP contribution >= 0.6 is 0 Å². The highest BCUT2D eigenvalue weighted by atomic mass is 32.2. The fourth-order valence-corrected chi connectivity index (χ4v) is 4.69. The van der Waals surface area contributed by atoms with Crippen LogP contribution in [0.3, 0.4) is 0 Å². The first-order valence-corrected chi connectivity index (χ1v) is 10.3. The Balaban J connectivity index is 2.30. The smallest absolute Gasteiger partial charge is 0.290 e. The summed E-state index contributed by atoms with van der Waals surface area (Å²) in [5, 5.41) is 2.19. The van der Waals surface area contributed by atoms with Crippen LogP contribution in [0.25, 0.3) is 0 Å². The first kappa shape index (κ1) is 20.7. The SMILES string of the molecule is CONS(=O)(=O)c1ccccc1S(=O)(=O)NC(=O)Nc1nc(C)cc(C)n1. The van der Waals surface area contributed by atoms with Crippen molar-refractivity contribution in [1.82, 2.24) is 19.6 Å². The van der Waals surface area contributed by atoms with Crippen molar-refractivity contribution in [3.63, 3.8) is 0 Å². The third-order valence-electron chi connectivity index (χ3n) is 3.06. The van der Waals surface area contributed by atoms with E-state index in [9.17, 15) is 21.6 Å². The van der Waals surface area contributed by atoms with Crippen LogP contribution in [0.5, 0.6) is 0 Å². The largest absolute Gasteiger partial charge is 0.335 e. The summed E-state index contributed by atoms with van der Waals surface area (Å²) in [6.45, 7) is 3.36. The van der Waals surface area contributed by atoms with E-state index in [0.29, 0.717) is 11.4 Å². The second-order valence-corrected chi connectivity index (χ2v) is 8.54. The van der Waals surface area contributed by atoms with Crippen molar-refractivity contribution < 1.29 is 26.5 Å². The molecule has 1 aromatic carbocycles. The minimum Gasteiger partial charge on any atom is -0.290 e. The number of nitrogens with one attached hydrogen (secondary N) is 3. The van der Waals surface area contributed by atoms with Crippen LogP contribution in [-0.2, 0) is 24.9 Å². The normalized spacial score (nSPS) is 11.8. The maximum absolute atomic E-state index is 12.5. The Bertz CT molecular complexity index is 1050. The molecule has 1 heterocycles. The second kappa shape index (κ2) is 7.96. The van der Waals surface area contributed by atoms with Gasteiger partial charge in [-0.2, -0.15) is 0 Å². The molecule has 11 nitrogen and oxygen atoms in total. The van der Waals surface area contributed by atoms with E-state index >= 15 is 0 Å². The van der Waals surface area contributed by atoms with Crippen molar-refractivity contribution in [2.75, 3.05) is 12.4 Å². The van der Waals surface area contributed by atoms with Crippen molar-refractivity contribution in [2.45, 2.75) is 23.6 Å². The lowest BCUT2D eigenvalue weighted by Crippen LogP contribution is -2.36. The van der Waals surface area contributed by atoms with Gasteiger partial charge in [-0.25, -0.2) is 36.3 Å². The summed E-state index contributed by atoms with van der Waals surface area (Å²) in [4.78, 5) is 24.8. The highest BCUT2D eigenvalue weighted by Gasteiger charge is 2.28. The first-order chi connectivity index (χ1) is 12.5. The Morgan fingerprint density at radius 2 is 1.48 bits per heavy atom. The fourth-order valence-electron chi connectivity index (χ4n) is 2.13. The third-order valence-corrected chi connectivity index (χ3v) is 5.90. The molecule has 2 aromatic rings. The van der Waals surface area contributed by atoms with Crippen LogP contribution < -0.4 is 14.9 Å². The molecule has 27 heavy (non-hydrogen) atoms. The molecule has 0 bridgehead atoms. The summed E-state index contributed by atoms with van der Waals surface area (Å²) in [6.07, 6.45) is 0. The van der Waals surface area contributed by atoms with Gasteiger partial charge < -0.3 is 0 Å². The molecule has 146 valence electrons. The lowest BCUT2D eigenvalue weighted by atomic mass is 10.4. The molecule has 0 aliphatic rings. The predicted molar refractivity (Wildman–Crippen MR) is 94.6 cm³/mol. The van der Waals surface area contributed by atoms with E-state index in [0.717, 1.165) is 19.2 Å². The van der Waals surface area contributed by atoms with E-state index in [1.807, 2.05) is 0 Å². The molecule has 2 rings (SSSR count). The van der Waals surface area contributed by atoms with Crippen molar-refractivity contribution in [1.29, 1.82) is 0 Å². The number of amides is 2. The molecule has 0 atom stereocenters. The van der Waals surface area contributed by atoms with Crippen LogP contribution in [0, 0.1) is 13.8 Å². The number of aromatic nitrogens is 2. The van der Waals surface area contributed by atoms with Gasteiger partial charge in [0.05, 0.1) is 7.11 Å². The number of carbonyl (C=O) groups is 1. The summed E-state index contributed by atoms with van der Waals surface area (Å²) in [5.41, 5.74) is 1.14. The number of rotatable bonds is 6. The highest BCUT2D eigenvalue weighted by molar-refractivity contribution is 7.92. The van der Waals surface area contributed by atoms with Crippen LogP contribution in [0.15, 0.2) is 40.1 Å². The van der Waals surface area contributed by atoms with E-state index in [2.05, 4.69) is 20.1 Å². The maximum Gasteiger partial charge on any atom is 0.335 e. The van der Waals surface area contributed by atoms with Gasteiger partial charge in [-0.05, 0) is 32.0 Å². The molecule has 0 aliphatic heterocycles. The monoisotopic (exact) mass is 415 g/mol. The lowest BCUT2D eigenvalue weighted by Gasteiger charge is -2.12. The molecule has 0 radical (unpaired) electrons. The Hall–Kier alpha value is -2.61. The molecule has 0 fully saturated rings. The van der Waals surface area contributed by atoms with Gasteiger partial charge in [-0.3, -0.25) is 10.2 Å². The maximum atomic E-state index is 12.5. The van der Waals surface area contributed by atoms with Gasteiger partial charge >= 0.3 is 6.03 Å². The van der Waals surface area contributed by atoms with Gasteiger partial charge in [0.25, 0.3) is 20.0 Å². The Morgan fingerprint density at radius 3 is 2.00 bits per heavy atom. The molecular formula is C14H17N5O6S2. The number of carbonyl (C=O) groups excluding carboxylic acids is 1. The molecule has 13 heteroatoms. The number of benzene rings is 1. The highest BCUT2D eigenvalue weighted by Crippen LogP contribution is 2.20. The molecule has 0 unspecified atom stereocenters. The Kier molecular flexibility index (Phi) is 6.10. The zero-order valence-corrected chi connectivity index (χ0v) is 16.2. The van der Waals surface area contributed by atoms with Crippen LogP contribution in [-0.4, -0.2) is 39.9 Å². The van der Waals surface area contributed by atoms with Crippen molar-refractivity contribution in [3.05, 3.63) is 41.7 Å². The number of sulfonamides is 2. The Morgan fingerprint density at radius 1 is 0.963 bits per heavy atom. The zero-order valence-electron chi connectivity index (χ0n) is 14.5. The summed E-state index contributed by atoms with van der Waals surface area (Å²) in [7, 11) is -7.74. The van der Waals surface area contributed by atoms with Gasteiger partial charge in [0.2, 0.25) is 5.95 Å². The van der Waals surface area contributed by atoms with Crippen molar-refractivity contribution >= 4 is 32.0 Å². The van der Waals surface area contributed by atoms with E-state index < -0.39 is 35.9 Å². The van der Waals surface area contributed by atoms with Crippen molar-refractivity contribution in [2.24, 2.45) is 0 Å². The number of anilines is 1. The van der Waals surface area contributed by atoms with Crippen LogP contribution in [0.4, 0.5) is 10.7 Å². The Labute approximate surface area is 156 Å². The van der Waals surface area contributed by atoms with Crippen molar-refractivity contribution in [3.8, 4) is 0 Å². The lowest BCUT2D eigenvalue weighted by molar-refractivity contribution is 0.153. The van der Waals surface area contributed by atoms with Gasteiger partial charge in [0.1, 0.15) is 9.79 Å². The van der Waals surface area contributed by atoms with Crippen LogP contribution in [0.1, 0.15) is 11.4 Å². The summed E-state index contributed by atoms with van der Waals surface area (Å²) in [6, 6.07) is 5.25. The molecule has 0 spiro atoms. The molecule has 0 saturated heterocycles. The summed E-state index contributed by atoms with van der Waals surface area (Å²) < 4.78 is 50.9. The van der Waals surface area contributed by atoms with E-state index in [4.69, 9.17) is 0 Å².